The van der Waals surface area contributed by atoms with Crippen molar-refractivity contribution < 1.29 is 13.2 Å². The highest BCUT2D eigenvalue weighted by Gasteiger charge is 2.20. The second kappa shape index (κ2) is 5.55. The summed E-state index contributed by atoms with van der Waals surface area (Å²) in [5.74, 6) is -2.31. The zero-order chi connectivity index (χ0) is 14.2. The number of aryl methyl sites for hydroxylation is 1. The minimum absolute atomic E-state index is 0.118. The van der Waals surface area contributed by atoms with Gasteiger partial charge in [0, 0.05) is 10.6 Å². The van der Waals surface area contributed by atoms with Crippen molar-refractivity contribution in [1.82, 2.24) is 0 Å². The molecule has 0 aliphatic rings. The average Bonchev–Trinajstić information content (AvgIpc) is 2.36. The largest absolute Gasteiger partial charge is 0.207 e. The Balaban J connectivity index is 2.53. The van der Waals surface area contributed by atoms with E-state index in [1.165, 1.54) is 18.2 Å². The van der Waals surface area contributed by atoms with E-state index in [2.05, 4.69) is 15.9 Å². The third-order valence-corrected chi connectivity index (χ3v) is 4.12. The Bertz CT molecular complexity index is 628. The SMILES string of the molecule is Cc1cc(C(Br)c2cccc(F)c2F)c(Cl)cc1F. The molecular weight excluding hydrogens is 341 g/mol. The van der Waals surface area contributed by atoms with E-state index in [1.54, 1.807) is 6.92 Å². The molecule has 1 unspecified atom stereocenters. The Morgan fingerprint density at radius 2 is 1.74 bits per heavy atom. The minimum Gasteiger partial charge on any atom is -0.207 e. The normalized spacial score (nSPS) is 12.5. The first-order valence-electron chi connectivity index (χ1n) is 5.45. The second-order valence-corrected chi connectivity index (χ2v) is 5.45. The fraction of sp³-hybridized carbons (Fsp3) is 0.143. The van der Waals surface area contributed by atoms with Crippen molar-refractivity contribution in [3.63, 3.8) is 0 Å². The molecule has 0 heterocycles. The van der Waals surface area contributed by atoms with Crippen LogP contribution in [0.25, 0.3) is 0 Å². The number of alkyl halides is 1. The summed E-state index contributed by atoms with van der Waals surface area (Å²) in [5, 5.41) is 0.161. The molecule has 1 atom stereocenters. The monoisotopic (exact) mass is 348 g/mol. The molecular formula is C14H9BrClF3. The molecule has 0 aliphatic heterocycles. The summed E-state index contributed by atoms with van der Waals surface area (Å²) in [6.07, 6.45) is 0. The lowest BCUT2D eigenvalue weighted by atomic mass is 10.0. The molecule has 0 aromatic heterocycles. The first kappa shape index (κ1) is 14.4. The van der Waals surface area contributed by atoms with Crippen molar-refractivity contribution in [2.75, 3.05) is 0 Å². The molecule has 5 heteroatoms. The van der Waals surface area contributed by atoms with Gasteiger partial charge >= 0.3 is 0 Å². The molecule has 0 aliphatic carbocycles. The number of halogens is 5. The molecule has 0 saturated carbocycles. The smallest absolute Gasteiger partial charge is 0.163 e. The predicted molar refractivity (Wildman–Crippen MR) is 73.3 cm³/mol. The van der Waals surface area contributed by atoms with Crippen molar-refractivity contribution in [3.05, 3.63) is 69.5 Å². The Morgan fingerprint density at radius 1 is 1.05 bits per heavy atom. The summed E-state index contributed by atoms with van der Waals surface area (Å²) >= 11 is 9.23. The van der Waals surface area contributed by atoms with Gasteiger partial charge in [-0.2, -0.15) is 0 Å². The molecule has 0 bridgehead atoms. The van der Waals surface area contributed by atoms with Gasteiger partial charge in [0.25, 0.3) is 0 Å². The molecule has 0 amide bonds. The molecule has 0 nitrogen and oxygen atoms in total. The van der Waals surface area contributed by atoms with Gasteiger partial charge < -0.3 is 0 Å². The molecule has 0 spiro atoms. The number of rotatable bonds is 2. The molecule has 100 valence electrons. The second-order valence-electron chi connectivity index (χ2n) is 4.13. The highest BCUT2D eigenvalue weighted by Crippen LogP contribution is 2.37. The van der Waals surface area contributed by atoms with Crippen LogP contribution in [-0.2, 0) is 0 Å². The summed E-state index contributed by atoms with van der Waals surface area (Å²) in [6, 6.07) is 6.58. The van der Waals surface area contributed by atoms with Crippen LogP contribution in [0.1, 0.15) is 21.5 Å². The summed E-state index contributed by atoms with van der Waals surface area (Å²) in [7, 11) is 0. The maximum Gasteiger partial charge on any atom is 0.163 e. The zero-order valence-electron chi connectivity index (χ0n) is 9.85. The lowest BCUT2D eigenvalue weighted by molar-refractivity contribution is 0.500. The van der Waals surface area contributed by atoms with Crippen LogP contribution in [0, 0.1) is 24.4 Å². The number of benzene rings is 2. The van der Waals surface area contributed by atoms with Crippen LogP contribution in [0.2, 0.25) is 5.02 Å². The molecule has 2 aromatic carbocycles. The maximum atomic E-state index is 13.7. The standard InChI is InChI=1S/C14H9BrClF3/c1-7-5-9(10(16)6-12(7)18)13(15)8-3-2-4-11(17)14(8)19/h2-6,13H,1H3. The van der Waals surface area contributed by atoms with E-state index in [0.29, 0.717) is 11.1 Å². The molecule has 0 fully saturated rings. The fourth-order valence-electron chi connectivity index (χ4n) is 1.76. The van der Waals surface area contributed by atoms with Gasteiger partial charge in [0.05, 0.1) is 4.83 Å². The van der Waals surface area contributed by atoms with E-state index in [1.807, 2.05) is 0 Å². The first-order chi connectivity index (χ1) is 8.91. The van der Waals surface area contributed by atoms with Gasteiger partial charge in [-0.1, -0.05) is 45.7 Å². The van der Waals surface area contributed by atoms with Gasteiger partial charge in [-0.05, 0) is 30.2 Å². The van der Waals surface area contributed by atoms with E-state index >= 15 is 0 Å². The lowest BCUT2D eigenvalue weighted by Crippen LogP contribution is -2.01. The Hall–Kier alpha value is -1.00. The van der Waals surface area contributed by atoms with Crippen LogP contribution in [0.5, 0.6) is 0 Å². The first-order valence-corrected chi connectivity index (χ1v) is 6.74. The van der Waals surface area contributed by atoms with Gasteiger partial charge in [0.15, 0.2) is 11.6 Å². The van der Waals surface area contributed by atoms with E-state index < -0.39 is 22.3 Å². The van der Waals surface area contributed by atoms with Crippen molar-refractivity contribution in [3.8, 4) is 0 Å². The Kier molecular flexibility index (Phi) is 4.21. The molecule has 2 rings (SSSR count). The van der Waals surface area contributed by atoms with Crippen LogP contribution >= 0.6 is 27.5 Å². The fourth-order valence-corrected chi connectivity index (χ4v) is 2.88. The zero-order valence-corrected chi connectivity index (χ0v) is 12.2. The van der Waals surface area contributed by atoms with Crippen LogP contribution in [0.3, 0.4) is 0 Å². The van der Waals surface area contributed by atoms with Gasteiger partial charge in [0.2, 0.25) is 0 Å². The highest BCUT2D eigenvalue weighted by molar-refractivity contribution is 9.09. The van der Waals surface area contributed by atoms with Gasteiger partial charge in [0.1, 0.15) is 5.82 Å². The van der Waals surface area contributed by atoms with Crippen molar-refractivity contribution in [2.24, 2.45) is 0 Å². The molecule has 19 heavy (non-hydrogen) atoms. The van der Waals surface area contributed by atoms with E-state index in [4.69, 9.17) is 11.6 Å². The van der Waals surface area contributed by atoms with Crippen LogP contribution < -0.4 is 0 Å². The molecule has 2 aromatic rings. The predicted octanol–water partition coefficient (Wildman–Crippen LogP) is 5.55. The van der Waals surface area contributed by atoms with Crippen molar-refractivity contribution in [2.45, 2.75) is 11.8 Å². The summed E-state index contributed by atoms with van der Waals surface area (Å²) < 4.78 is 40.3. The third-order valence-electron chi connectivity index (χ3n) is 2.81. The molecule has 0 radical (unpaired) electrons. The number of hydrogen-bond acceptors (Lipinski definition) is 0. The summed E-state index contributed by atoms with van der Waals surface area (Å²) in [5.41, 5.74) is 0.999. The van der Waals surface area contributed by atoms with Gasteiger partial charge in [-0.15, -0.1) is 0 Å². The quantitative estimate of drug-likeness (QED) is 0.624. The van der Waals surface area contributed by atoms with E-state index in [0.717, 1.165) is 12.1 Å². The van der Waals surface area contributed by atoms with Crippen LogP contribution in [-0.4, -0.2) is 0 Å². The Morgan fingerprint density at radius 3 is 2.42 bits per heavy atom. The lowest BCUT2D eigenvalue weighted by Gasteiger charge is -2.15. The maximum absolute atomic E-state index is 13.7. The molecule has 0 saturated heterocycles. The van der Waals surface area contributed by atoms with Crippen LogP contribution in [0.4, 0.5) is 13.2 Å². The van der Waals surface area contributed by atoms with E-state index in [-0.39, 0.29) is 10.6 Å². The Labute approximate surface area is 122 Å². The third kappa shape index (κ3) is 2.79. The van der Waals surface area contributed by atoms with Crippen molar-refractivity contribution in [1.29, 1.82) is 0 Å². The highest BCUT2D eigenvalue weighted by atomic mass is 79.9. The van der Waals surface area contributed by atoms with Gasteiger partial charge in [-0.25, -0.2) is 13.2 Å². The van der Waals surface area contributed by atoms with Crippen LogP contribution in [0.15, 0.2) is 30.3 Å². The topological polar surface area (TPSA) is 0 Å². The summed E-state index contributed by atoms with van der Waals surface area (Å²) in [4.78, 5) is -0.644. The minimum atomic E-state index is -0.942. The average molecular weight is 350 g/mol. The van der Waals surface area contributed by atoms with E-state index in [9.17, 15) is 13.2 Å². The summed E-state index contributed by atoms with van der Waals surface area (Å²) in [6.45, 7) is 1.58. The number of hydrogen-bond donors (Lipinski definition) is 0. The molecule has 0 N–H and O–H groups in total. The van der Waals surface area contributed by atoms with Crippen molar-refractivity contribution >= 4 is 27.5 Å². The van der Waals surface area contributed by atoms with Gasteiger partial charge in [-0.3, -0.25) is 0 Å².